The normalized spacial score (nSPS) is 9.94. The van der Waals surface area contributed by atoms with Gasteiger partial charge in [-0.15, -0.1) is 0 Å². The van der Waals surface area contributed by atoms with Crippen molar-refractivity contribution in [3.63, 3.8) is 0 Å². The second kappa shape index (κ2) is 6.12. The molecule has 4 heteroatoms. The molecule has 0 aromatic heterocycles. The molecule has 1 aromatic rings. The topological polar surface area (TPSA) is 61.5 Å². The Bertz CT molecular complexity index is 363. The number of aryl methyl sites for hydroxylation is 1. The monoisotopic (exact) mass is 223 g/mol. The van der Waals surface area contributed by atoms with Crippen molar-refractivity contribution in [2.24, 2.45) is 5.73 Å². The first kappa shape index (κ1) is 12.5. The third-order valence-electron chi connectivity index (χ3n) is 2.05. The average Bonchev–Trinajstić information content (AvgIpc) is 2.27. The molecule has 4 nitrogen and oxygen atoms in total. The van der Waals surface area contributed by atoms with Gasteiger partial charge in [0, 0.05) is 13.5 Å². The van der Waals surface area contributed by atoms with E-state index in [0.29, 0.717) is 24.7 Å². The number of hydrogen-bond donors (Lipinski definition) is 1. The van der Waals surface area contributed by atoms with Gasteiger partial charge >= 0.3 is 5.97 Å². The van der Waals surface area contributed by atoms with Crippen molar-refractivity contribution in [1.82, 2.24) is 0 Å². The van der Waals surface area contributed by atoms with Gasteiger partial charge in [0.05, 0.1) is 0 Å². The van der Waals surface area contributed by atoms with Crippen LogP contribution in [0.1, 0.15) is 19.4 Å². The lowest BCUT2D eigenvalue weighted by atomic mass is 10.1. The SMILES string of the molecule is CCc1ccc(OC(C)=O)c(OCCN)c1. The minimum Gasteiger partial charge on any atom is -0.488 e. The molecule has 0 saturated heterocycles. The molecule has 0 aliphatic carbocycles. The van der Waals surface area contributed by atoms with E-state index in [1.54, 1.807) is 6.07 Å². The van der Waals surface area contributed by atoms with E-state index in [4.69, 9.17) is 15.2 Å². The highest BCUT2D eigenvalue weighted by Gasteiger charge is 2.08. The summed E-state index contributed by atoms with van der Waals surface area (Å²) in [6.45, 7) is 4.24. The van der Waals surface area contributed by atoms with Crippen LogP contribution in [0.4, 0.5) is 0 Å². The molecule has 0 amide bonds. The molecule has 0 aliphatic rings. The molecule has 0 heterocycles. The third-order valence-corrected chi connectivity index (χ3v) is 2.05. The summed E-state index contributed by atoms with van der Waals surface area (Å²) in [7, 11) is 0. The predicted octanol–water partition coefficient (Wildman–Crippen LogP) is 1.51. The number of rotatable bonds is 5. The third kappa shape index (κ3) is 3.55. The Hall–Kier alpha value is -1.55. The van der Waals surface area contributed by atoms with Gasteiger partial charge in [-0.3, -0.25) is 4.79 Å². The Kier molecular flexibility index (Phi) is 4.79. The fraction of sp³-hybridized carbons (Fsp3) is 0.417. The van der Waals surface area contributed by atoms with Crippen LogP contribution in [0.15, 0.2) is 18.2 Å². The maximum atomic E-state index is 10.9. The summed E-state index contributed by atoms with van der Waals surface area (Å²) in [5.74, 6) is 0.653. The van der Waals surface area contributed by atoms with Crippen LogP contribution in [0.2, 0.25) is 0 Å². The summed E-state index contributed by atoms with van der Waals surface area (Å²) in [6.07, 6.45) is 0.902. The highest BCUT2D eigenvalue weighted by atomic mass is 16.6. The fourth-order valence-electron chi connectivity index (χ4n) is 1.29. The largest absolute Gasteiger partial charge is 0.488 e. The molecule has 0 fully saturated rings. The lowest BCUT2D eigenvalue weighted by Crippen LogP contribution is -2.12. The lowest BCUT2D eigenvalue weighted by Gasteiger charge is -2.11. The molecule has 0 atom stereocenters. The Labute approximate surface area is 95.3 Å². The van der Waals surface area contributed by atoms with E-state index in [1.165, 1.54) is 6.92 Å². The first-order valence-corrected chi connectivity index (χ1v) is 5.31. The molecule has 0 saturated carbocycles. The zero-order valence-electron chi connectivity index (χ0n) is 9.66. The molecule has 1 aromatic carbocycles. The first-order chi connectivity index (χ1) is 7.67. The Morgan fingerprint density at radius 1 is 1.38 bits per heavy atom. The summed E-state index contributed by atoms with van der Waals surface area (Å²) < 4.78 is 10.5. The minimum absolute atomic E-state index is 0.359. The van der Waals surface area contributed by atoms with Gasteiger partial charge in [-0.05, 0) is 24.1 Å². The maximum Gasteiger partial charge on any atom is 0.308 e. The second-order valence-electron chi connectivity index (χ2n) is 3.37. The maximum absolute atomic E-state index is 10.9. The number of esters is 1. The molecular weight excluding hydrogens is 206 g/mol. The Balaban J connectivity index is 2.91. The van der Waals surface area contributed by atoms with Gasteiger partial charge in [0.1, 0.15) is 6.61 Å². The molecule has 88 valence electrons. The van der Waals surface area contributed by atoms with Crippen LogP contribution in [-0.4, -0.2) is 19.1 Å². The molecule has 0 unspecified atom stereocenters. The number of benzene rings is 1. The second-order valence-corrected chi connectivity index (χ2v) is 3.37. The molecule has 1 rings (SSSR count). The van der Waals surface area contributed by atoms with Crippen molar-refractivity contribution in [1.29, 1.82) is 0 Å². The van der Waals surface area contributed by atoms with Crippen molar-refractivity contribution in [3.05, 3.63) is 23.8 Å². The number of nitrogens with two attached hydrogens (primary N) is 1. The Morgan fingerprint density at radius 2 is 2.12 bits per heavy atom. The van der Waals surface area contributed by atoms with Crippen molar-refractivity contribution >= 4 is 5.97 Å². The van der Waals surface area contributed by atoms with Gasteiger partial charge in [0.15, 0.2) is 11.5 Å². The number of carbonyl (C=O) groups is 1. The highest BCUT2D eigenvalue weighted by molar-refractivity contribution is 5.70. The van der Waals surface area contributed by atoms with Crippen molar-refractivity contribution < 1.29 is 14.3 Å². The van der Waals surface area contributed by atoms with Crippen LogP contribution < -0.4 is 15.2 Å². The Morgan fingerprint density at radius 3 is 2.69 bits per heavy atom. The molecule has 0 bridgehead atoms. The number of ether oxygens (including phenoxy) is 2. The molecule has 0 radical (unpaired) electrons. The van der Waals surface area contributed by atoms with Crippen LogP contribution in [0, 0.1) is 0 Å². The quantitative estimate of drug-likeness (QED) is 0.607. The van der Waals surface area contributed by atoms with Crippen LogP contribution in [0.3, 0.4) is 0 Å². The molecular formula is C12H17NO3. The molecule has 2 N–H and O–H groups in total. The predicted molar refractivity (Wildman–Crippen MR) is 61.7 cm³/mol. The summed E-state index contributed by atoms with van der Waals surface area (Å²) in [6, 6.07) is 5.52. The summed E-state index contributed by atoms with van der Waals surface area (Å²) in [4.78, 5) is 10.9. The summed E-state index contributed by atoms with van der Waals surface area (Å²) in [5, 5.41) is 0. The summed E-state index contributed by atoms with van der Waals surface area (Å²) in [5.41, 5.74) is 6.49. The number of carbonyl (C=O) groups excluding carboxylic acids is 1. The van der Waals surface area contributed by atoms with E-state index in [9.17, 15) is 4.79 Å². The zero-order valence-corrected chi connectivity index (χ0v) is 9.66. The van der Waals surface area contributed by atoms with Crippen molar-refractivity contribution in [2.45, 2.75) is 20.3 Å². The van der Waals surface area contributed by atoms with Crippen LogP contribution in [-0.2, 0) is 11.2 Å². The smallest absolute Gasteiger partial charge is 0.308 e. The van der Waals surface area contributed by atoms with Crippen LogP contribution in [0.25, 0.3) is 0 Å². The zero-order chi connectivity index (χ0) is 12.0. The van der Waals surface area contributed by atoms with Crippen LogP contribution in [0.5, 0.6) is 11.5 Å². The van der Waals surface area contributed by atoms with E-state index >= 15 is 0 Å². The van der Waals surface area contributed by atoms with E-state index < -0.39 is 0 Å². The molecule has 0 spiro atoms. The molecule has 0 aliphatic heterocycles. The van der Waals surface area contributed by atoms with E-state index in [1.807, 2.05) is 19.1 Å². The van der Waals surface area contributed by atoms with Crippen molar-refractivity contribution in [3.8, 4) is 11.5 Å². The van der Waals surface area contributed by atoms with Gasteiger partial charge in [0.2, 0.25) is 0 Å². The van der Waals surface area contributed by atoms with Gasteiger partial charge in [-0.2, -0.15) is 0 Å². The standard InChI is InChI=1S/C12H17NO3/c1-3-10-4-5-11(16-9(2)14)12(8-10)15-7-6-13/h4-5,8H,3,6-7,13H2,1-2H3. The fourth-order valence-corrected chi connectivity index (χ4v) is 1.29. The molecule has 16 heavy (non-hydrogen) atoms. The minimum atomic E-state index is -0.359. The number of hydrogen-bond acceptors (Lipinski definition) is 4. The highest BCUT2D eigenvalue weighted by Crippen LogP contribution is 2.28. The van der Waals surface area contributed by atoms with Crippen molar-refractivity contribution in [2.75, 3.05) is 13.2 Å². The van der Waals surface area contributed by atoms with E-state index in [-0.39, 0.29) is 5.97 Å². The van der Waals surface area contributed by atoms with Crippen LogP contribution >= 0.6 is 0 Å². The van der Waals surface area contributed by atoms with E-state index in [2.05, 4.69) is 0 Å². The summed E-state index contributed by atoms with van der Waals surface area (Å²) >= 11 is 0. The van der Waals surface area contributed by atoms with Gasteiger partial charge < -0.3 is 15.2 Å². The average molecular weight is 223 g/mol. The first-order valence-electron chi connectivity index (χ1n) is 5.31. The van der Waals surface area contributed by atoms with E-state index in [0.717, 1.165) is 12.0 Å². The lowest BCUT2D eigenvalue weighted by molar-refractivity contribution is -0.132. The van der Waals surface area contributed by atoms with Gasteiger partial charge in [-0.1, -0.05) is 13.0 Å². The van der Waals surface area contributed by atoms with Gasteiger partial charge in [-0.25, -0.2) is 0 Å². The van der Waals surface area contributed by atoms with Gasteiger partial charge in [0.25, 0.3) is 0 Å².